The highest BCUT2D eigenvalue weighted by molar-refractivity contribution is 5.76. The van der Waals surface area contributed by atoms with E-state index in [1.54, 1.807) is 7.05 Å². The maximum absolute atomic E-state index is 13.0. The van der Waals surface area contributed by atoms with Crippen LogP contribution in [0.4, 0.5) is 5.95 Å². The largest absolute Gasteiger partial charge is 0.378 e. The van der Waals surface area contributed by atoms with Crippen molar-refractivity contribution in [3.8, 4) is 0 Å². The number of rotatable bonds is 5. The fourth-order valence-corrected chi connectivity index (χ4v) is 4.21. The van der Waals surface area contributed by atoms with Crippen molar-refractivity contribution in [2.45, 2.75) is 38.6 Å². The molecule has 0 aromatic carbocycles. The summed E-state index contributed by atoms with van der Waals surface area (Å²) >= 11 is 0. The number of hydrogen-bond acceptors (Lipinski definition) is 6. The van der Waals surface area contributed by atoms with Crippen LogP contribution in [0.1, 0.15) is 32.1 Å². The van der Waals surface area contributed by atoms with Crippen molar-refractivity contribution < 1.29 is 9.73 Å². The van der Waals surface area contributed by atoms with Gasteiger partial charge in [0.2, 0.25) is 11.8 Å². The molecular weight excluding hydrogens is 386 g/mol. The molecule has 2 N–H and O–H groups in total. The van der Waals surface area contributed by atoms with Gasteiger partial charge in [-0.05, 0) is 19.3 Å². The highest BCUT2D eigenvalue weighted by Gasteiger charge is 2.24. The number of aryl methyl sites for hydroxylation is 2. The van der Waals surface area contributed by atoms with Crippen LogP contribution in [0, 0.1) is 0 Å². The molecule has 4 heterocycles. The van der Waals surface area contributed by atoms with E-state index in [9.17, 15) is 9.59 Å². The molecule has 30 heavy (non-hydrogen) atoms. The molecule has 0 radical (unpaired) electrons. The van der Waals surface area contributed by atoms with Crippen LogP contribution in [0.5, 0.6) is 0 Å². The molecule has 2 aromatic rings. The number of anilines is 1. The van der Waals surface area contributed by atoms with Gasteiger partial charge in [0, 0.05) is 46.6 Å². The first kappa shape index (κ1) is 20.6. The average molecular weight is 419 g/mol. The molecule has 2 aliphatic heterocycles. The maximum Gasteiger partial charge on any atom is 0.332 e. The van der Waals surface area contributed by atoms with Crippen molar-refractivity contribution in [3.05, 3.63) is 20.8 Å². The Morgan fingerprint density at radius 2 is 1.90 bits per heavy atom. The monoisotopic (exact) mass is 418 g/mol. The molecule has 0 unspecified atom stereocenters. The summed E-state index contributed by atoms with van der Waals surface area (Å²) in [6.45, 7) is 5.19. The Labute approximate surface area is 175 Å². The van der Waals surface area contributed by atoms with Crippen LogP contribution in [0.25, 0.3) is 11.2 Å². The van der Waals surface area contributed by atoms with E-state index in [2.05, 4.69) is 15.2 Å². The van der Waals surface area contributed by atoms with Crippen LogP contribution in [-0.2, 0) is 25.4 Å². The number of nitrogens with one attached hydrogen (secondary N) is 2. The lowest BCUT2D eigenvalue weighted by molar-refractivity contribution is -0.459. The van der Waals surface area contributed by atoms with Crippen LogP contribution >= 0.6 is 0 Å². The number of morpholine rings is 1. The van der Waals surface area contributed by atoms with Crippen LogP contribution < -0.4 is 26.5 Å². The van der Waals surface area contributed by atoms with E-state index in [1.165, 1.54) is 36.7 Å². The molecule has 10 nitrogen and oxygen atoms in total. The van der Waals surface area contributed by atoms with Gasteiger partial charge in [0.1, 0.15) is 0 Å². The standard InChI is InChI=1S/C20H31N7O3/c1-24-17-16(18(28)25(2)20(24)29)27(19(23-17)26-11-13-30-14-12-26)10-6-9-22-15-7-4-3-5-8-21-15/h3-14H2,1-2H3,(H,21,22)/p+1. The summed E-state index contributed by atoms with van der Waals surface area (Å²) in [6, 6.07) is 0. The summed E-state index contributed by atoms with van der Waals surface area (Å²) in [5, 5.41) is 3.52. The van der Waals surface area contributed by atoms with Crippen LogP contribution in [-0.4, -0.2) is 63.9 Å². The Bertz CT molecular complexity index is 1040. The minimum atomic E-state index is -0.358. The number of hydrogen-bond donors (Lipinski definition) is 2. The molecule has 2 aliphatic rings. The van der Waals surface area contributed by atoms with Gasteiger partial charge in [-0.25, -0.2) is 4.79 Å². The number of fused-ring (bicyclic) bond motifs is 1. The fraction of sp³-hybridized carbons (Fsp3) is 0.700. The Morgan fingerprint density at radius 1 is 1.10 bits per heavy atom. The van der Waals surface area contributed by atoms with Crippen molar-refractivity contribution in [2.75, 3.05) is 44.3 Å². The Kier molecular flexibility index (Phi) is 6.21. The lowest BCUT2D eigenvalue weighted by Crippen LogP contribution is -2.75. The van der Waals surface area contributed by atoms with E-state index in [0.29, 0.717) is 30.9 Å². The SMILES string of the molecule is Cn1c(=O)c2c(nc(N3CCOCC3)n2CCCNC2=[NH+]CCCCC2)n(C)c1=O. The lowest BCUT2D eigenvalue weighted by atomic mass is 10.2. The zero-order valence-corrected chi connectivity index (χ0v) is 17.9. The highest BCUT2D eigenvalue weighted by Crippen LogP contribution is 2.21. The first-order valence-corrected chi connectivity index (χ1v) is 10.9. The molecule has 164 valence electrons. The van der Waals surface area contributed by atoms with E-state index in [0.717, 1.165) is 49.5 Å². The molecule has 2 aromatic heterocycles. The molecule has 0 saturated carbocycles. The average Bonchev–Trinajstić information content (AvgIpc) is 2.95. The van der Waals surface area contributed by atoms with Gasteiger partial charge in [-0.3, -0.25) is 24.2 Å². The third kappa shape index (κ3) is 4.00. The molecule has 1 saturated heterocycles. The minimum Gasteiger partial charge on any atom is -0.378 e. The summed E-state index contributed by atoms with van der Waals surface area (Å²) in [7, 11) is 3.19. The van der Waals surface area contributed by atoms with E-state index < -0.39 is 0 Å². The van der Waals surface area contributed by atoms with Gasteiger partial charge in [-0.2, -0.15) is 4.98 Å². The van der Waals surface area contributed by atoms with Gasteiger partial charge in [-0.15, -0.1) is 0 Å². The topological polar surface area (TPSA) is 100 Å². The smallest absolute Gasteiger partial charge is 0.332 e. The third-order valence-corrected chi connectivity index (χ3v) is 5.96. The summed E-state index contributed by atoms with van der Waals surface area (Å²) in [4.78, 5) is 35.7. The minimum absolute atomic E-state index is 0.298. The predicted molar refractivity (Wildman–Crippen MR) is 115 cm³/mol. The van der Waals surface area contributed by atoms with Gasteiger partial charge >= 0.3 is 5.69 Å². The summed E-state index contributed by atoms with van der Waals surface area (Å²) < 4.78 is 10.1. The molecule has 0 amide bonds. The summed E-state index contributed by atoms with van der Waals surface area (Å²) in [6.07, 6.45) is 5.61. The zero-order chi connectivity index (χ0) is 21.1. The van der Waals surface area contributed by atoms with Crippen molar-refractivity contribution in [1.29, 1.82) is 0 Å². The highest BCUT2D eigenvalue weighted by atomic mass is 16.5. The van der Waals surface area contributed by atoms with Gasteiger partial charge in [-0.1, -0.05) is 0 Å². The van der Waals surface area contributed by atoms with Crippen molar-refractivity contribution in [2.24, 2.45) is 14.1 Å². The van der Waals surface area contributed by atoms with Gasteiger partial charge in [0.05, 0.1) is 26.3 Å². The number of ether oxygens (including phenoxy) is 1. The molecule has 0 spiro atoms. The van der Waals surface area contributed by atoms with Gasteiger partial charge in [0.15, 0.2) is 11.2 Å². The van der Waals surface area contributed by atoms with Crippen LogP contribution in [0.3, 0.4) is 0 Å². The fourth-order valence-electron chi connectivity index (χ4n) is 4.21. The van der Waals surface area contributed by atoms with Crippen molar-refractivity contribution in [3.63, 3.8) is 0 Å². The maximum atomic E-state index is 13.0. The van der Waals surface area contributed by atoms with E-state index in [-0.39, 0.29) is 11.2 Å². The zero-order valence-electron chi connectivity index (χ0n) is 17.9. The second-order valence-electron chi connectivity index (χ2n) is 8.04. The number of aromatic nitrogens is 4. The molecule has 0 atom stereocenters. The Morgan fingerprint density at radius 3 is 2.70 bits per heavy atom. The quantitative estimate of drug-likeness (QED) is 0.562. The normalized spacial score (nSPS) is 17.8. The molecule has 0 bridgehead atoms. The van der Waals surface area contributed by atoms with Crippen molar-refractivity contribution >= 4 is 22.9 Å². The Hall–Kier alpha value is -2.62. The van der Waals surface area contributed by atoms with Crippen LogP contribution in [0.2, 0.25) is 0 Å². The second-order valence-corrected chi connectivity index (χ2v) is 8.04. The van der Waals surface area contributed by atoms with Crippen LogP contribution in [0.15, 0.2) is 9.59 Å². The molecule has 0 aliphatic carbocycles. The van der Waals surface area contributed by atoms with E-state index in [4.69, 9.17) is 9.72 Å². The molecule has 10 heteroatoms. The van der Waals surface area contributed by atoms with E-state index >= 15 is 0 Å². The summed E-state index contributed by atoms with van der Waals surface area (Å²) in [5.74, 6) is 1.96. The molecule has 4 rings (SSSR count). The Balaban J connectivity index is 1.61. The predicted octanol–water partition coefficient (Wildman–Crippen LogP) is -1.70. The third-order valence-electron chi connectivity index (χ3n) is 5.96. The number of nitrogens with zero attached hydrogens (tertiary/aromatic N) is 5. The van der Waals surface area contributed by atoms with Crippen molar-refractivity contribution in [1.82, 2.24) is 24.0 Å². The first-order chi connectivity index (χ1) is 14.6. The first-order valence-electron chi connectivity index (χ1n) is 10.9. The number of imidazole rings is 1. The second kappa shape index (κ2) is 9.03. The van der Waals surface area contributed by atoms with E-state index in [1.807, 2.05) is 4.57 Å². The lowest BCUT2D eigenvalue weighted by Gasteiger charge is -2.28. The van der Waals surface area contributed by atoms with Gasteiger partial charge in [0.25, 0.3) is 5.56 Å². The number of amidine groups is 1. The molecule has 1 fully saturated rings. The summed E-state index contributed by atoms with van der Waals surface area (Å²) in [5.41, 5.74) is 0.273. The molecular formula is C20H32N7O3+. The van der Waals surface area contributed by atoms with Gasteiger partial charge < -0.3 is 14.2 Å².